The van der Waals surface area contributed by atoms with Gasteiger partial charge in [-0.1, -0.05) is 12.1 Å². The summed E-state index contributed by atoms with van der Waals surface area (Å²) in [5.74, 6) is 0.0164. The third-order valence-corrected chi connectivity index (χ3v) is 6.77. The summed E-state index contributed by atoms with van der Waals surface area (Å²) in [7, 11) is 0. The Kier molecular flexibility index (Phi) is 5.59. The van der Waals surface area contributed by atoms with E-state index in [1.807, 2.05) is 30.3 Å². The lowest BCUT2D eigenvalue weighted by Crippen LogP contribution is -2.44. The lowest BCUT2D eigenvalue weighted by molar-refractivity contribution is 0.0955. The summed E-state index contributed by atoms with van der Waals surface area (Å²) in [4.78, 5) is 21.3. The molecule has 0 radical (unpaired) electrons. The van der Waals surface area contributed by atoms with Crippen LogP contribution < -0.4 is 10.6 Å². The number of piperazine rings is 1. The van der Waals surface area contributed by atoms with Gasteiger partial charge < -0.3 is 15.5 Å². The number of carbonyl (C=O) groups excluding carboxylic acids is 1. The molecule has 0 aliphatic carbocycles. The van der Waals surface area contributed by atoms with E-state index in [4.69, 9.17) is 0 Å². The van der Waals surface area contributed by atoms with Gasteiger partial charge in [-0.05, 0) is 37.2 Å². The molecule has 1 aromatic carbocycles. The molecule has 1 amide bonds. The smallest absolute Gasteiger partial charge is 0.261 e. The molecule has 3 heterocycles. The van der Waals surface area contributed by atoms with E-state index in [1.165, 1.54) is 16.0 Å². The SMILES string of the molecule is O=C(NCCCN1CCNCC1)c1ccc(-c2nc3ccccc3s2)s1. The van der Waals surface area contributed by atoms with Gasteiger partial charge in [0.1, 0.15) is 5.01 Å². The van der Waals surface area contributed by atoms with Crippen molar-refractivity contribution < 1.29 is 4.79 Å². The number of thiazole rings is 1. The van der Waals surface area contributed by atoms with E-state index in [2.05, 4.69) is 26.6 Å². The second-order valence-electron chi connectivity index (χ2n) is 6.35. The Labute approximate surface area is 161 Å². The molecule has 1 fully saturated rings. The van der Waals surface area contributed by atoms with Crippen LogP contribution in [-0.4, -0.2) is 55.1 Å². The van der Waals surface area contributed by atoms with E-state index in [0.29, 0.717) is 0 Å². The quantitative estimate of drug-likeness (QED) is 0.640. The van der Waals surface area contributed by atoms with Crippen LogP contribution in [0.5, 0.6) is 0 Å². The minimum Gasteiger partial charge on any atom is -0.351 e. The minimum atomic E-state index is 0.0164. The van der Waals surface area contributed by atoms with Gasteiger partial charge in [0, 0.05) is 32.7 Å². The van der Waals surface area contributed by atoms with Crippen LogP contribution in [0.2, 0.25) is 0 Å². The highest BCUT2D eigenvalue weighted by Crippen LogP contribution is 2.34. The zero-order valence-electron chi connectivity index (χ0n) is 14.5. The van der Waals surface area contributed by atoms with Crippen molar-refractivity contribution >= 4 is 38.8 Å². The Hall–Kier alpha value is -1.80. The van der Waals surface area contributed by atoms with Crippen LogP contribution in [0.3, 0.4) is 0 Å². The van der Waals surface area contributed by atoms with Crippen molar-refractivity contribution in [2.75, 3.05) is 39.3 Å². The first kappa shape index (κ1) is 17.6. The van der Waals surface area contributed by atoms with E-state index in [9.17, 15) is 4.79 Å². The van der Waals surface area contributed by atoms with Crippen LogP contribution in [0.25, 0.3) is 20.1 Å². The van der Waals surface area contributed by atoms with Crippen LogP contribution >= 0.6 is 22.7 Å². The molecule has 4 rings (SSSR count). The van der Waals surface area contributed by atoms with Crippen molar-refractivity contribution in [1.82, 2.24) is 20.5 Å². The highest BCUT2D eigenvalue weighted by atomic mass is 32.1. The number of hydrogen-bond donors (Lipinski definition) is 2. The molecular weight excluding hydrogens is 364 g/mol. The van der Waals surface area contributed by atoms with Crippen molar-refractivity contribution in [3.05, 3.63) is 41.3 Å². The molecule has 2 N–H and O–H groups in total. The summed E-state index contributed by atoms with van der Waals surface area (Å²) >= 11 is 3.18. The summed E-state index contributed by atoms with van der Waals surface area (Å²) in [5, 5.41) is 7.38. The standard InChI is InChI=1S/C19H22N4OS2/c24-18(21-8-3-11-23-12-9-20-10-13-23)16-6-7-17(25-16)19-22-14-4-1-2-5-15(14)26-19/h1-2,4-7,20H,3,8-13H2,(H,21,24). The number of thiophene rings is 1. The monoisotopic (exact) mass is 386 g/mol. The number of rotatable bonds is 6. The number of amides is 1. The number of carbonyl (C=O) groups is 1. The maximum atomic E-state index is 12.4. The van der Waals surface area contributed by atoms with Crippen LogP contribution in [-0.2, 0) is 0 Å². The average Bonchev–Trinajstić information content (AvgIpc) is 3.32. The van der Waals surface area contributed by atoms with E-state index >= 15 is 0 Å². The molecule has 0 atom stereocenters. The number of para-hydroxylation sites is 1. The van der Waals surface area contributed by atoms with Crippen molar-refractivity contribution in [2.45, 2.75) is 6.42 Å². The van der Waals surface area contributed by atoms with Gasteiger partial charge in [-0.25, -0.2) is 4.98 Å². The second kappa shape index (κ2) is 8.26. The molecule has 2 aromatic heterocycles. The molecule has 0 bridgehead atoms. The fourth-order valence-corrected chi connectivity index (χ4v) is 5.02. The van der Waals surface area contributed by atoms with Crippen LogP contribution in [0.15, 0.2) is 36.4 Å². The maximum absolute atomic E-state index is 12.4. The Morgan fingerprint density at radius 3 is 2.85 bits per heavy atom. The Bertz CT molecular complexity index is 849. The van der Waals surface area contributed by atoms with Crippen molar-refractivity contribution in [3.8, 4) is 9.88 Å². The number of fused-ring (bicyclic) bond motifs is 1. The summed E-state index contributed by atoms with van der Waals surface area (Å²) < 4.78 is 1.18. The number of hydrogen-bond acceptors (Lipinski definition) is 6. The van der Waals surface area contributed by atoms with Crippen LogP contribution in [0.4, 0.5) is 0 Å². The first-order chi connectivity index (χ1) is 12.8. The zero-order chi connectivity index (χ0) is 17.8. The highest BCUT2D eigenvalue weighted by molar-refractivity contribution is 7.26. The maximum Gasteiger partial charge on any atom is 0.261 e. The number of aromatic nitrogens is 1. The first-order valence-corrected chi connectivity index (χ1v) is 10.6. The lowest BCUT2D eigenvalue weighted by Gasteiger charge is -2.27. The normalized spacial score (nSPS) is 15.4. The molecule has 5 nitrogen and oxygen atoms in total. The fourth-order valence-electron chi connectivity index (χ4n) is 3.08. The Morgan fingerprint density at radius 2 is 2.00 bits per heavy atom. The van der Waals surface area contributed by atoms with Crippen molar-refractivity contribution in [1.29, 1.82) is 0 Å². The van der Waals surface area contributed by atoms with Crippen molar-refractivity contribution in [3.63, 3.8) is 0 Å². The van der Waals surface area contributed by atoms with E-state index in [1.54, 1.807) is 11.3 Å². The predicted octanol–water partition coefficient (Wildman–Crippen LogP) is 3.05. The van der Waals surface area contributed by atoms with Crippen LogP contribution in [0, 0.1) is 0 Å². The largest absolute Gasteiger partial charge is 0.351 e. The molecule has 0 saturated carbocycles. The highest BCUT2D eigenvalue weighted by Gasteiger charge is 2.13. The molecule has 1 aliphatic heterocycles. The van der Waals surface area contributed by atoms with E-state index in [0.717, 1.165) is 66.0 Å². The molecule has 0 unspecified atom stereocenters. The molecule has 136 valence electrons. The lowest BCUT2D eigenvalue weighted by atomic mass is 10.3. The molecular formula is C19H22N4OS2. The minimum absolute atomic E-state index is 0.0164. The average molecular weight is 387 g/mol. The van der Waals surface area contributed by atoms with Gasteiger partial charge in [-0.15, -0.1) is 22.7 Å². The molecule has 26 heavy (non-hydrogen) atoms. The summed E-state index contributed by atoms with van der Waals surface area (Å²) in [6.07, 6.45) is 0.988. The Balaban J connectivity index is 1.31. The number of nitrogens with one attached hydrogen (secondary N) is 2. The second-order valence-corrected chi connectivity index (χ2v) is 8.47. The summed E-state index contributed by atoms with van der Waals surface area (Å²) in [5.41, 5.74) is 1.01. The zero-order valence-corrected chi connectivity index (χ0v) is 16.2. The molecule has 1 saturated heterocycles. The van der Waals surface area contributed by atoms with Crippen molar-refractivity contribution in [2.24, 2.45) is 0 Å². The van der Waals surface area contributed by atoms with Gasteiger partial charge in [0.05, 0.1) is 20.0 Å². The molecule has 7 heteroatoms. The topological polar surface area (TPSA) is 57.3 Å². The molecule has 0 spiro atoms. The third kappa shape index (κ3) is 4.12. The van der Waals surface area contributed by atoms with Crippen LogP contribution in [0.1, 0.15) is 16.1 Å². The fraction of sp³-hybridized carbons (Fsp3) is 0.368. The molecule has 3 aromatic rings. The number of nitrogens with zero attached hydrogens (tertiary/aromatic N) is 2. The molecule has 1 aliphatic rings. The van der Waals surface area contributed by atoms with Gasteiger partial charge in [0.25, 0.3) is 5.91 Å². The van der Waals surface area contributed by atoms with E-state index < -0.39 is 0 Å². The van der Waals surface area contributed by atoms with E-state index in [-0.39, 0.29) is 5.91 Å². The van der Waals surface area contributed by atoms with Gasteiger partial charge >= 0.3 is 0 Å². The first-order valence-electron chi connectivity index (χ1n) is 8.97. The van der Waals surface area contributed by atoms with Gasteiger partial charge in [0.2, 0.25) is 0 Å². The van der Waals surface area contributed by atoms with Gasteiger partial charge in [0.15, 0.2) is 0 Å². The number of benzene rings is 1. The summed E-state index contributed by atoms with van der Waals surface area (Å²) in [6.45, 7) is 6.10. The Morgan fingerprint density at radius 1 is 1.15 bits per heavy atom. The van der Waals surface area contributed by atoms with Gasteiger partial charge in [-0.3, -0.25) is 4.79 Å². The third-order valence-electron chi connectivity index (χ3n) is 4.48. The summed E-state index contributed by atoms with van der Waals surface area (Å²) in [6, 6.07) is 12.0. The van der Waals surface area contributed by atoms with Gasteiger partial charge in [-0.2, -0.15) is 0 Å². The predicted molar refractivity (Wildman–Crippen MR) is 109 cm³/mol.